The van der Waals surface area contributed by atoms with Crippen LogP contribution in [0.5, 0.6) is 0 Å². The molecule has 0 amide bonds. The number of rotatable bonds is 8. The summed E-state index contributed by atoms with van der Waals surface area (Å²) in [5.74, 6) is 0. The normalized spacial score (nSPS) is 14.3. The number of benzene rings is 10. The van der Waals surface area contributed by atoms with Crippen molar-refractivity contribution in [1.82, 2.24) is 0 Å². The minimum absolute atomic E-state index is 0.215. The number of hydrogen-bond acceptors (Lipinski definition) is 0. The van der Waals surface area contributed by atoms with E-state index in [1.54, 1.807) is 0 Å². The van der Waals surface area contributed by atoms with Crippen molar-refractivity contribution in [1.29, 1.82) is 0 Å². The largest absolute Gasteiger partial charge is 0.0653 e. The maximum atomic E-state index is 2.54. The molecule has 0 saturated heterocycles. The maximum absolute atomic E-state index is 2.54. The first-order valence-electron chi connectivity index (χ1n) is 21.3. The molecular formula is C60H44. The highest BCUT2D eigenvalue weighted by molar-refractivity contribution is 6.21. The molecule has 0 heteroatoms. The Balaban J connectivity index is 1.07. The van der Waals surface area contributed by atoms with E-state index in [9.17, 15) is 0 Å². The molecule has 11 rings (SSSR count). The van der Waals surface area contributed by atoms with Gasteiger partial charge in [0.1, 0.15) is 0 Å². The second-order valence-corrected chi connectivity index (χ2v) is 16.3. The van der Waals surface area contributed by atoms with Crippen LogP contribution in [0.4, 0.5) is 0 Å². The average molecular weight is 765 g/mol. The third kappa shape index (κ3) is 5.82. The van der Waals surface area contributed by atoms with Crippen LogP contribution in [0.2, 0.25) is 0 Å². The Kier molecular flexibility index (Phi) is 8.86. The van der Waals surface area contributed by atoms with Gasteiger partial charge in [-0.2, -0.15) is 0 Å². The molecule has 0 radical (unpaired) electrons. The van der Waals surface area contributed by atoms with Gasteiger partial charge in [-0.15, -0.1) is 0 Å². The predicted octanol–water partition coefficient (Wildman–Crippen LogP) is 16.4. The molecule has 1 aliphatic rings. The summed E-state index contributed by atoms with van der Waals surface area (Å²) in [5.41, 5.74) is 19.0. The van der Waals surface area contributed by atoms with Gasteiger partial charge in [0.05, 0.1) is 0 Å². The zero-order valence-electron chi connectivity index (χ0n) is 33.8. The average Bonchev–Trinajstić information content (AvgIpc) is 3.61. The van der Waals surface area contributed by atoms with Crippen LogP contribution in [0.15, 0.2) is 224 Å². The van der Waals surface area contributed by atoms with Crippen LogP contribution in [-0.4, -0.2) is 0 Å². The quantitative estimate of drug-likeness (QED) is 0.135. The summed E-state index contributed by atoms with van der Waals surface area (Å²) in [6, 6.07) is 83.4. The van der Waals surface area contributed by atoms with Gasteiger partial charge < -0.3 is 0 Å². The lowest BCUT2D eigenvalue weighted by atomic mass is 9.69. The van der Waals surface area contributed by atoms with Crippen LogP contribution in [0.25, 0.3) is 88.3 Å². The summed E-state index contributed by atoms with van der Waals surface area (Å²) < 4.78 is 0. The second kappa shape index (κ2) is 14.8. The van der Waals surface area contributed by atoms with Crippen molar-refractivity contribution in [2.24, 2.45) is 0 Å². The fourth-order valence-electron chi connectivity index (χ4n) is 10.3. The molecule has 0 bridgehead atoms. The smallest absolute Gasteiger partial charge is 0.0463 e. The molecule has 0 N–H and O–H groups in total. The standard InChI is InChI=1S/C60H44/c1-2-36-60(49-22-10-5-11-23-49)56-29-17-16-24-50(56)51-35-34-45(40-57(51)60)59-54-27-14-12-25-52(54)58(53-26-13-15-28-55(53)59)44-32-30-43(31-33-44)48-38-46(41-18-6-3-7-19-41)37-47(39-48)42-20-8-4-9-21-42/h3-35,37-40H,2,36H2,1H3. The Morgan fingerprint density at radius 2 is 0.700 bits per heavy atom. The Hall–Kier alpha value is -7.28. The fourth-order valence-corrected chi connectivity index (χ4v) is 10.3. The van der Waals surface area contributed by atoms with Gasteiger partial charge in [0, 0.05) is 5.41 Å². The van der Waals surface area contributed by atoms with Crippen molar-refractivity contribution in [3.05, 3.63) is 241 Å². The van der Waals surface area contributed by atoms with Gasteiger partial charge in [-0.05, 0) is 136 Å². The lowest BCUT2D eigenvalue weighted by molar-refractivity contribution is 0.563. The van der Waals surface area contributed by atoms with Gasteiger partial charge in [-0.3, -0.25) is 0 Å². The van der Waals surface area contributed by atoms with Gasteiger partial charge in [0.15, 0.2) is 0 Å². The highest BCUT2D eigenvalue weighted by atomic mass is 14.5. The monoisotopic (exact) mass is 764 g/mol. The number of hydrogen-bond donors (Lipinski definition) is 0. The lowest BCUT2D eigenvalue weighted by Crippen LogP contribution is -2.26. The van der Waals surface area contributed by atoms with Gasteiger partial charge in [0.25, 0.3) is 0 Å². The minimum Gasteiger partial charge on any atom is -0.0653 e. The molecule has 284 valence electrons. The van der Waals surface area contributed by atoms with E-state index < -0.39 is 0 Å². The summed E-state index contributed by atoms with van der Waals surface area (Å²) >= 11 is 0. The Labute approximate surface area is 353 Å². The fraction of sp³-hybridized carbons (Fsp3) is 0.0667. The molecule has 0 nitrogen and oxygen atoms in total. The lowest BCUT2D eigenvalue weighted by Gasteiger charge is -2.33. The molecule has 0 aromatic heterocycles. The van der Waals surface area contributed by atoms with Crippen molar-refractivity contribution in [2.75, 3.05) is 0 Å². The molecule has 10 aromatic rings. The van der Waals surface area contributed by atoms with Crippen LogP contribution in [0.3, 0.4) is 0 Å². The first-order valence-corrected chi connectivity index (χ1v) is 21.3. The Morgan fingerprint density at radius 1 is 0.300 bits per heavy atom. The van der Waals surface area contributed by atoms with Gasteiger partial charge in [0.2, 0.25) is 0 Å². The molecule has 60 heavy (non-hydrogen) atoms. The second-order valence-electron chi connectivity index (χ2n) is 16.3. The van der Waals surface area contributed by atoms with Crippen molar-refractivity contribution in [2.45, 2.75) is 25.2 Å². The first-order chi connectivity index (χ1) is 29.7. The van der Waals surface area contributed by atoms with Crippen LogP contribution >= 0.6 is 0 Å². The SMILES string of the molecule is CCCC1(c2ccccc2)c2ccccc2-c2ccc(-c3c4ccccc4c(-c4ccc(-c5cc(-c6ccccc6)cc(-c6ccccc6)c5)cc4)c4ccccc34)cc21. The van der Waals surface area contributed by atoms with E-state index in [-0.39, 0.29) is 5.41 Å². The maximum Gasteiger partial charge on any atom is 0.0463 e. The van der Waals surface area contributed by atoms with Crippen LogP contribution in [-0.2, 0) is 5.41 Å². The molecule has 0 fully saturated rings. The minimum atomic E-state index is -0.215. The van der Waals surface area contributed by atoms with E-state index >= 15 is 0 Å². The van der Waals surface area contributed by atoms with Crippen LogP contribution in [0.1, 0.15) is 36.5 Å². The van der Waals surface area contributed by atoms with E-state index in [2.05, 4.69) is 231 Å². The molecule has 0 aliphatic heterocycles. The summed E-state index contributed by atoms with van der Waals surface area (Å²) in [7, 11) is 0. The molecular weight excluding hydrogens is 721 g/mol. The third-order valence-corrected chi connectivity index (χ3v) is 12.9. The van der Waals surface area contributed by atoms with Crippen molar-refractivity contribution in [3.8, 4) is 66.8 Å². The summed E-state index contributed by atoms with van der Waals surface area (Å²) in [5, 5.41) is 5.08. The van der Waals surface area contributed by atoms with Crippen molar-refractivity contribution < 1.29 is 0 Å². The van der Waals surface area contributed by atoms with Crippen molar-refractivity contribution >= 4 is 21.5 Å². The molecule has 0 saturated carbocycles. The zero-order chi connectivity index (χ0) is 40.0. The van der Waals surface area contributed by atoms with Gasteiger partial charge in [-0.1, -0.05) is 214 Å². The first kappa shape index (κ1) is 35.8. The van der Waals surface area contributed by atoms with E-state index in [1.165, 1.54) is 105 Å². The predicted molar refractivity (Wildman–Crippen MR) is 255 cm³/mol. The van der Waals surface area contributed by atoms with Gasteiger partial charge in [-0.25, -0.2) is 0 Å². The van der Waals surface area contributed by atoms with E-state index in [0.29, 0.717) is 0 Å². The van der Waals surface area contributed by atoms with Crippen LogP contribution < -0.4 is 0 Å². The van der Waals surface area contributed by atoms with Crippen molar-refractivity contribution in [3.63, 3.8) is 0 Å². The van der Waals surface area contributed by atoms with Crippen LogP contribution in [0, 0.1) is 0 Å². The highest BCUT2D eigenvalue weighted by Crippen LogP contribution is 2.56. The van der Waals surface area contributed by atoms with E-state index in [4.69, 9.17) is 0 Å². The molecule has 0 spiro atoms. The third-order valence-electron chi connectivity index (χ3n) is 12.9. The molecule has 1 unspecified atom stereocenters. The Morgan fingerprint density at radius 3 is 1.23 bits per heavy atom. The molecule has 10 aromatic carbocycles. The zero-order valence-corrected chi connectivity index (χ0v) is 33.8. The topological polar surface area (TPSA) is 0 Å². The number of fused-ring (bicyclic) bond motifs is 5. The molecule has 1 aliphatic carbocycles. The summed E-state index contributed by atoms with van der Waals surface area (Å²) in [4.78, 5) is 0. The van der Waals surface area contributed by atoms with Gasteiger partial charge >= 0.3 is 0 Å². The van der Waals surface area contributed by atoms with E-state index in [0.717, 1.165) is 12.8 Å². The molecule has 0 heterocycles. The summed E-state index contributed by atoms with van der Waals surface area (Å²) in [6.07, 6.45) is 2.13. The molecule has 1 atom stereocenters. The Bertz CT molecular complexity index is 3060. The summed E-state index contributed by atoms with van der Waals surface area (Å²) in [6.45, 7) is 2.32. The highest BCUT2D eigenvalue weighted by Gasteiger charge is 2.44. The van der Waals surface area contributed by atoms with E-state index in [1.807, 2.05) is 0 Å².